The maximum Gasteiger partial charge on any atom is 0.243 e. The number of amides is 1. The molecule has 3 nitrogen and oxygen atoms in total. The Kier molecular flexibility index (Phi) is 5.30. The van der Waals surface area contributed by atoms with Crippen LogP contribution in [0.5, 0.6) is 0 Å². The van der Waals surface area contributed by atoms with Crippen LogP contribution in [0.3, 0.4) is 0 Å². The molecular formula is C14H25NO2. The first-order valence-corrected chi connectivity index (χ1v) is 7.29. The van der Waals surface area contributed by atoms with Crippen molar-refractivity contribution in [2.45, 2.75) is 76.7 Å². The standard InChI is InChI=1S/C14H25NO2/c16-14(15-17-13-8-4-5-9-13)11-10-12-6-2-1-3-7-12/h12-13H,1-11H2,(H,15,16). The highest BCUT2D eigenvalue weighted by molar-refractivity contribution is 5.74. The van der Waals surface area contributed by atoms with Crippen LogP contribution in [0.2, 0.25) is 0 Å². The molecule has 3 heteroatoms. The molecule has 1 N–H and O–H groups in total. The molecule has 1 amide bonds. The first-order valence-electron chi connectivity index (χ1n) is 7.29. The van der Waals surface area contributed by atoms with E-state index in [1.165, 1.54) is 44.9 Å². The van der Waals surface area contributed by atoms with Crippen LogP contribution in [0, 0.1) is 5.92 Å². The SMILES string of the molecule is O=C(CCC1CCCCC1)NOC1CCCC1. The molecule has 2 aliphatic rings. The third-order valence-electron chi connectivity index (χ3n) is 4.15. The zero-order valence-electron chi connectivity index (χ0n) is 10.7. The average molecular weight is 239 g/mol. The van der Waals surface area contributed by atoms with E-state index in [-0.39, 0.29) is 12.0 Å². The monoisotopic (exact) mass is 239 g/mol. The summed E-state index contributed by atoms with van der Waals surface area (Å²) in [5, 5.41) is 0. The molecule has 98 valence electrons. The van der Waals surface area contributed by atoms with Gasteiger partial charge in [-0.15, -0.1) is 0 Å². The van der Waals surface area contributed by atoms with Crippen LogP contribution in [0.25, 0.3) is 0 Å². The van der Waals surface area contributed by atoms with Gasteiger partial charge in [-0.25, -0.2) is 5.48 Å². The Morgan fingerprint density at radius 3 is 2.35 bits per heavy atom. The third-order valence-corrected chi connectivity index (χ3v) is 4.15. The summed E-state index contributed by atoms with van der Waals surface area (Å²) in [6, 6.07) is 0. The van der Waals surface area contributed by atoms with Gasteiger partial charge in [-0.1, -0.05) is 44.9 Å². The minimum absolute atomic E-state index is 0.0717. The van der Waals surface area contributed by atoms with Gasteiger partial charge in [-0.2, -0.15) is 0 Å². The van der Waals surface area contributed by atoms with Gasteiger partial charge in [0.1, 0.15) is 0 Å². The van der Waals surface area contributed by atoms with E-state index in [0.717, 1.165) is 25.2 Å². The highest BCUT2D eigenvalue weighted by Crippen LogP contribution is 2.27. The topological polar surface area (TPSA) is 38.3 Å². The molecule has 0 radical (unpaired) electrons. The van der Waals surface area contributed by atoms with Gasteiger partial charge in [-0.3, -0.25) is 9.63 Å². The fourth-order valence-corrected chi connectivity index (χ4v) is 3.02. The largest absolute Gasteiger partial charge is 0.273 e. The number of nitrogens with one attached hydrogen (secondary N) is 1. The molecule has 17 heavy (non-hydrogen) atoms. The van der Waals surface area contributed by atoms with Crippen molar-refractivity contribution in [2.75, 3.05) is 0 Å². The van der Waals surface area contributed by atoms with Crippen LogP contribution in [0.1, 0.15) is 70.6 Å². The summed E-state index contributed by atoms with van der Waals surface area (Å²) >= 11 is 0. The Morgan fingerprint density at radius 1 is 1.00 bits per heavy atom. The second kappa shape index (κ2) is 7.00. The molecule has 0 heterocycles. The number of carbonyl (C=O) groups is 1. The van der Waals surface area contributed by atoms with Gasteiger partial charge >= 0.3 is 0 Å². The lowest BCUT2D eigenvalue weighted by atomic mass is 9.86. The highest BCUT2D eigenvalue weighted by atomic mass is 16.7. The van der Waals surface area contributed by atoms with Crippen molar-refractivity contribution in [3.8, 4) is 0 Å². The van der Waals surface area contributed by atoms with E-state index in [1.807, 2.05) is 0 Å². The van der Waals surface area contributed by atoms with Crippen molar-refractivity contribution >= 4 is 5.91 Å². The van der Waals surface area contributed by atoms with Crippen molar-refractivity contribution in [1.29, 1.82) is 0 Å². The number of rotatable bonds is 5. The summed E-state index contributed by atoms with van der Waals surface area (Å²) in [5.41, 5.74) is 2.63. The highest BCUT2D eigenvalue weighted by Gasteiger charge is 2.18. The Bertz CT molecular complexity index is 230. The molecule has 0 unspecified atom stereocenters. The number of hydrogen-bond acceptors (Lipinski definition) is 2. The summed E-state index contributed by atoms with van der Waals surface area (Å²) in [6.07, 6.45) is 13.3. The molecule has 2 rings (SSSR count). The molecular weight excluding hydrogens is 214 g/mol. The lowest BCUT2D eigenvalue weighted by molar-refractivity contribution is -0.138. The zero-order chi connectivity index (χ0) is 11.9. The number of hydrogen-bond donors (Lipinski definition) is 1. The summed E-state index contributed by atoms with van der Waals surface area (Å²) in [6.45, 7) is 0. The first-order chi connectivity index (χ1) is 8.34. The van der Waals surface area contributed by atoms with E-state index >= 15 is 0 Å². The zero-order valence-corrected chi connectivity index (χ0v) is 10.7. The lowest BCUT2D eigenvalue weighted by Gasteiger charge is -2.21. The molecule has 0 atom stereocenters. The summed E-state index contributed by atoms with van der Waals surface area (Å²) < 4.78 is 0. The van der Waals surface area contributed by atoms with Crippen molar-refractivity contribution < 1.29 is 9.63 Å². The van der Waals surface area contributed by atoms with Gasteiger partial charge in [-0.05, 0) is 25.2 Å². The smallest absolute Gasteiger partial charge is 0.243 e. The van der Waals surface area contributed by atoms with Crippen LogP contribution in [-0.4, -0.2) is 12.0 Å². The molecule has 2 fully saturated rings. The number of hydroxylamine groups is 1. The Labute approximate surface area is 104 Å². The van der Waals surface area contributed by atoms with E-state index in [4.69, 9.17) is 4.84 Å². The quantitative estimate of drug-likeness (QED) is 0.747. The maximum absolute atomic E-state index is 11.6. The molecule has 0 aromatic carbocycles. The molecule has 0 aliphatic heterocycles. The minimum Gasteiger partial charge on any atom is -0.273 e. The normalized spacial score (nSPS) is 22.8. The Hall–Kier alpha value is -0.570. The molecule has 2 aliphatic carbocycles. The van der Waals surface area contributed by atoms with Crippen LogP contribution < -0.4 is 5.48 Å². The van der Waals surface area contributed by atoms with Crippen LogP contribution in [0.15, 0.2) is 0 Å². The molecule has 2 saturated carbocycles. The molecule has 0 saturated heterocycles. The fourth-order valence-electron chi connectivity index (χ4n) is 3.02. The minimum atomic E-state index is 0.0717. The van der Waals surface area contributed by atoms with Gasteiger partial charge in [0.05, 0.1) is 6.10 Å². The predicted molar refractivity (Wildman–Crippen MR) is 67.3 cm³/mol. The van der Waals surface area contributed by atoms with Crippen LogP contribution in [0.4, 0.5) is 0 Å². The van der Waals surface area contributed by atoms with Crippen LogP contribution >= 0.6 is 0 Å². The predicted octanol–water partition coefficient (Wildman–Crippen LogP) is 3.34. The summed E-state index contributed by atoms with van der Waals surface area (Å²) in [5.74, 6) is 0.850. The molecule has 0 spiro atoms. The maximum atomic E-state index is 11.6. The van der Waals surface area contributed by atoms with Crippen molar-refractivity contribution in [3.05, 3.63) is 0 Å². The Morgan fingerprint density at radius 2 is 1.65 bits per heavy atom. The van der Waals surface area contributed by atoms with Crippen molar-refractivity contribution in [3.63, 3.8) is 0 Å². The van der Waals surface area contributed by atoms with Gasteiger partial charge in [0.25, 0.3) is 0 Å². The Balaban J connectivity index is 1.53. The number of carbonyl (C=O) groups excluding carboxylic acids is 1. The van der Waals surface area contributed by atoms with E-state index in [2.05, 4.69) is 5.48 Å². The van der Waals surface area contributed by atoms with E-state index in [0.29, 0.717) is 6.42 Å². The summed E-state index contributed by atoms with van der Waals surface area (Å²) in [4.78, 5) is 17.0. The van der Waals surface area contributed by atoms with Crippen LogP contribution in [-0.2, 0) is 9.63 Å². The third kappa shape index (κ3) is 4.66. The molecule has 0 bridgehead atoms. The first kappa shape index (κ1) is 12.9. The van der Waals surface area contributed by atoms with E-state index in [1.54, 1.807) is 0 Å². The average Bonchev–Trinajstić information content (AvgIpc) is 2.88. The van der Waals surface area contributed by atoms with Gasteiger partial charge in [0, 0.05) is 6.42 Å². The summed E-state index contributed by atoms with van der Waals surface area (Å²) in [7, 11) is 0. The van der Waals surface area contributed by atoms with E-state index < -0.39 is 0 Å². The second-order valence-corrected chi connectivity index (χ2v) is 5.59. The fraction of sp³-hybridized carbons (Fsp3) is 0.929. The van der Waals surface area contributed by atoms with Crippen molar-refractivity contribution in [1.82, 2.24) is 5.48 Å². The molecule has 0 aromatic rings. The van der Waals surface area contributed by atoms with Gasteiger partial charge < -0.3 is 0 Å². The molecule has 0 aromatic heterocycles. The lowest BCUT2D eigenvalue weighted by Crippen LogP contribution is -2.28. The van der Waals surface area contributed by atoms with Gasteiger partial charge in [0.15, 0.2) is 0 Å². The van der Waals surface area contributed by atoms with E-state index in [9.17, 15) is 4.79 Å². The second-order valence-electron chi connectivity index (χ2n) is 5.59. The van der Waals surface area contributed by atoms with Gasteiger partial charge in [0.2, 0.25) is 5.91 Å². The van der Waals surface area contributed by atoms with Crippen molar-refractivity contribution in [2.24, 2.45) is 5.92 Å².